The molecular formula is C16H26N2. The first kappa shape index (κ1) is 13.5. The molecule has 0 amide bonds. The molecule has 1 aliphatic rings. The Balaban J connectivity index is 1.99. The van der Waals surface area contributed by atoms with E-state index in [1.807, 2.05) is 12.3 Å². The van der Waals surface area contributed by atoms with Crippen molar-refractivity contribution in [3.8, 4) is 0 Å². The van der Waals surface area contributed by atoms with Gasteiger partial charge in [-0.2, -0.15) is 0 Å². The lowest BCUT2D eigenvalue weighted by molar-refractivity contribution is 0.234. The molecule has 1 saturated carbocycles. The third kappa shape index (κ3) is 3.32. The molecule has 1 unspecified atom stereocenters. The number of aromatic nitrogens is 1. The van der Waals surface area contributed by atoms with Crippen LogP contribution in [0.5, 0.6) is 0 Å². The van der Waals surface area contributed by atoms with Crippen molar-refractivity contribution in [2.45, 2.75) is 52.0 Å². The Morgan fingerprint density at radius 2 is 2.06 bits per heavy atom. The highest BCUT2D eigenvalue weighted by molar-refractivity contribution is 5.18. The standard InChI is InChI=1S/C16H26N2/c1-12-6-8-14(9-7-12)16(17-3)11-15-13(2)5-4-10-18-15/h4-5,10,12,14,16-17H,6-9,11H2,1-3H3. The van der Waals surface area contributed by atoms with E-state index in [4.69, 9.17) is 0 Å². The number of rotatable bonds is 4. The molecule has 1 N–H and O–H groups in total. The Kier molecular flexibility index (Phi) is 4.76. The van der Waals surface area contributed by atoms with Gasteiger partial charge in [-0.15, -0.1) is 0 Å². The highest BCUT2D eigenvalue weighted by atomic mass is 14.9. The molecule has 1 heterocycles. The van der Waals surface area contributed by atoms with Crippen LogP contribution in [-0.2, 0) is 6.42 Å². The highest BCUT2D eigenvalue weighted by Crippen LogP contribution is 2.31. The zero-order valence-corrected chi connectivity index (χ0v) is 11.9. The lowest BCUT2D eigenvalue weighted by Crippen LogP contribution is -2.37. The van der Waals surface area contributed by atoms with E-state index in [1.165, 1.54) is 36.9 Å². The number of hydrogen-bond acceptors (Lipinski definition) is 2. The van der Waals surface area contributed by atoms with Gasteiger partial charge in [0.15, 0.2) is 0 Å². The fourth-order valence-corrected chi connectivity index (χ4v) is 3.13. The molecule has 0 saturated heterocycles. The highest BCUT2D eigenvalue weighted by Gasteiger charge is 2.25. The predicted octanol–water partition coefficient (Wildman–Crippen LogP) is 3.35. The topological polar surface area (TPSA) is 24.9 Å². The minimum atomic E-state index is 0.589. The Morgan fingerprint density at radius 1 is 1.33 bits per heavy atom. The van der Waals surface area contributed by atoms with E-state index < -0.39 is 0 Å². The quantitative estimate of drug-likeness (QED) is 0.881. The Bertz CT molecular complexity index is 367. The molecule has 0 radical (unpaired) electrons. The van der Waals surface area contributed by atoms with Crippen LogP contribution in [0.3, 0.4) is 0 Å². The summed E-state index contributed by atoms with van der Waals surface area (Å²) in [6.07, 6.45) is 8.52. The number of nitrogens with zero attached hydrogens (tertiary/aromatic N) is 1. The molecule has 1 atom stereocenters. The van der Waals surface area contributed by atoms with Crippen molar-refractivity contribution in [1.82, 2.24) is 10.3 Å². The van der Waals surface area contributed by atoms with E-state index in [0.29, 0.717) is 6.04 Å². The third-order valence-corrected chi connectivity index (χ3v) is 4.53. The first-order valence-corrected chi connectivity index (χ1v) is 7.28. The minimum absolute atomic E-state index is 0.589. The minimum Gasteiger partial charge on any atom is -0.316 e. The van der Waals surface area contributed by atoms with Crippen LogP contribution in [0.1, 0.15) is 43.9 Å². The second kappa shape index (κ2) is 6.33. The van der Waals surface area contributed by atoms with Crippen molar-refractivity contribution in [3.63, 3.8) is 0 Å². The first-order valence-electron chi connectivity index (χ1n) is 7.28. The molecule has 0 aromatic carbocycles. The fraction of sp³-hybridized carbons (Fsp3) is 0.688. The molecule has 0 spiro atoms. The maximum atomic E-state index is 4.54. The summed E-state index contributed by atoms with van der Waals surface area (Å²) in [5.41, 5.74) is 2.58. The number of pyridine rings is 1. The van der Waals surface area contributed by atoms with Crippen LogP contribution in [0.15, 0.2) is 18.3 Å². The molecule has 1 aliphatic carbocycles. The molecule has 2 rings (SSSR count). The summed E-state index contributed by atoms with van der Waals surface area (Å²) in [4.78, 5) is 4.54. The second-order valence-electron chi connectivity index (χ2n) is 5.89. The van der Waals surface area contributed by atoms with Crippen LogP contribution < -0.4 is 5.32 Å². The normalized spacial score (nSPS) is 25.9. The molecule has 1 aromatic rings. The van der Waals surface area contributed by atoms with Gasteiger partial charge in [-0.05, 0) is 50.3 Å². The monoisotopic (exact) mass is 246 g/mol. The molecule has 1 fully saturated rings. The van der Waals surface area contributed by atoms with Crippen LogP contribution >= 0.6 is 0 Å². The van der Waals surface area contributed by atoms with Crippen LogP contribution in [0, 0.1) is 18.8 Å². The number of likely N-dealkylation sites (N-methyl/N-ethyl adjacent to an activating group) is 1. The largest absolute Gasteiger partial charge is 0.316 e. The lowest BCUT2D eigenvalue weighted by atomic mass is 9.78. The van der Waals surface area contributed by atoms with Crippen molar-refractivity contribution in [2.75, 3.05) is 7.05 Å². The van der Waals surface area contributed by atoms with Crippen molar-refractivity contribution in [1.29, 1.82) is 0 Å². The summed E-state index contributed by atoms with van der Waals surface area (Å²) >= 11 is 0. The van der Waals surface area contributed by atoms with Crippen LogP contribution in [0.2, 0.25) is 0 Å². The van der Waals surface area contributed by atoms with E-state index in [0.717, 1.165) is 18.3 Å². The van der Waals surface area contributed by atoms with Crippen LogP contribution in [-0.4, -0.2) is 18.1 Å². The van der Waals surface area contributed by atoms with Gasteiger partial charge in [-0.3, -0.25) is 4.98 Å². The van der Waals surface area contributed by atoms with Gasteiger partial charge in [0.25, 0.3) is 0 Å². The van der Waals surface area contributed by atoms with Gasteiger partial charge in [-0.25, -0.2) is 0 Å². The summed E-state index contributed by atoms with van der Waals surface area (Å²) in [7, 11) is 2.10. The number of aryl methyl sites for hydroxylation is 1. The van der Waals surface area contributed by atoms with Crippen LogP contribution in [0.25, 0.3) is 0 Å². The summed E-state index contributed by atoms with van der Waals surface area (Å²) in [5.74, 6) is 1.75. The summed E-state index contributed by atoms with van der Waals surface area (Å²) < 4.78 is 0. The van der Waals surface area contributed by atoms with Gasteiger partial charge in [-0.1, -0.05) is 25.8 Å². The third-order valence-electron chi connectivity index (χ3n) is 4.53. The zero-order valence-electron chi connectivity index (χ0n) is 11.9. The fourth-order valence-electron chi connectivity index (χ4n) is 3.13. The van der Waals surface area contributed by atoms with E-state index in [-0.39, 0.29) is 0 Å². The Hall–Kier alpha value is -0.890. The summed E-state index contributed by atoms with van der Waals surface area (Å²) in [6, 6.07) is 4.78. The smallest absolute Gasteiger partial charge is 0.0448 e. The van der Waals surface area contributed by atoms with Gasteiger partial charge in [0.05, 0.1) is 0 Å². The second-order valence-corrected chi connectivity index (χ2v) is 5.89. The van der Waals surface area contributed by atoms with Gasteiger partial charge < -0.3 is 5.32 Å². The average Bonchev–Trinajstić information content (AvgIpc) is 2.39. The van der Waals surface area contributed by atoms with Crippen molar-refractivity contribution < 1.29 is 0 Å². The van der Waals surface area contributed by atoms with E-state index in [1.54, 1.807) is 0 Å². The molecule has 1 aromatic heterocycles. The zero-order chi connectivity index (χ0) is 13.0. The molecule has 18 heavy (non-hydrogen) atoms. The molecule has 0 bridgehead atoms. The predicted molar refractivity (Wildman–Crippen MR) is 76.6 cm³/mol. The number of hydrogen-bond donors (Lipinski definition) is 1. The maximum Gasteiger partial charge on any atom is 0.0448 e. The van der Waals surface area contributed by atoms with Crippen molar-refractivity contribution in [3.05, 3.63) is 29.6 Å². The molecular weight excluding hydrogens is 220 g/mol. The van der Waals surface area contributed by atoms with Gasteiger partial charge in [0.2, 0.25) is 0 Å². The molecule has 0 aliphatic heterocycles. The van der Waals surface area contributed by atoms with Crippen molar-refractivity contribution >= 4 is 0 Å². The van der Waals surface area contributed by atoms with E-state index in [2.05, 4.69) is 37.3 Å². The average molecular weight is 246 g/mol. The van der Waals surface area contributed by atoms with Crippen LogP contribution in [0.4, 0.5) is 0 Å². The molecule has 100 valence electrons. The molecule has 2 heteroatoms. The van der Waals surface area contributed by atoms with E-state index >= 15 is 0 Å². The SMILES string of the molecule is CNC(Cc1ncccc1C)C1CCC(C)CC1. The maximum absolute atomic E-state index is 4.54. The van der Waals surface area contributed by atoms with E-state index in [9.17, 15) is 0 Å². The first-order chi connectivity index (χ1) is 8.70. The van der Waals surface area contributed by atoms with Gasteiger partial charge in [0, 0.05) is 24.4 Å². The van der Waals surface area contributed by atoms with Gasteiger partial charge in [0.1, 0.15) is 0 Å². The lowest BCUT2D eigenvalue weighted by Gasteiger charge is -2.32. The Labute approximate surface area is 111 Å². The summed E-state index contributed by atoms with van der Waals surface area (Å²) in [5, 5.41) is 3.52. The summed E-state index contributed by atoms with van der Waals surface area (Å²) in [6.45, 7) is 4.55. The molecule has 2 nitrogen and oxygen atoms in total. The number of nitrogens with one attached hydrogen (secondary N) is 1. The van der Waals surface area contributed by atoms with Gasteiger partial charge >= 0.3 is 0 Å². The Morgan fingerprint density at radius 3 is 2.67 bits per heavy atom. The van der Waals surface area contributed by atoms with Crippen molar-refractivity contribution in [2.24, 2.45) is 11.8 Å².